The first-order valence-corrected chi connectivity index (χ1v) is 8.37. The van der Waals surface area contributed by atoms with Crippen LogP contribution in [0.2, 0.25) is 0 Å². The maximum atomic E-state index is 12.3. The predicted molar refractivity (Wildman–Crippen MR) is 96.5 cm³/mol. The van der Waals surface area contributed by atoms with Gasteiger partial charge in [-0.1, -0.05) is 0 Å². The molecule has 0 radical (unpaired) electrons. The molecule has 0 unspecified atom stereocenters. The molecular formula is C19H15NO9. The minimum Gasteiger partial charge on any atom is -0.486 e. The molecule has 0 bridgehead atoms. The molecule has 0 aromatic heterocycles. The Balaban J connectivity index is 1.73. The highest BCUT2D eigenvalue weighted by Gasteiger charge is 2.21. The molecule has 0 saturated carbocycles. The number of benzene rings is 2. The molecule has 2 aromatic rings. The van der Waals surface area contributed by atoms with Crippen LogP contribution in [0.5, 0.6) is 11.5 Å². The highest BCUT2D eigenvalue weighted by Crippen LogP contribution is 2.30. The molecule has 0 amide bonds. The molecule has 0 spiro atoms. The quantitative estimate of drug-likeness (QED) is 0.309. The topological polar surface area (TPSA) is 131 Å². The van der Waals surface area contributed by atoms with Gasteiger partial charge in [0.2, 0.25) is 0 Å². The van der Waals surface area contributed by atoms with Gasteiger partial charge in [-0.25, -0.2) is 9.59 Å². The zero-order chi connectivity index (χ0) is 21.0. The number of hydrogen-bond acceptors (Lipinski definition) is 9. The summed E-state index contributed by atoms with van der Waals surface area (Å²) in [6.45, 7) is 0.165. The number of ether oxygens (including phenoxy) is 4. The van der Waals surface area contributed by atoms with Crippen molar-refractivity contribution in [2.24, 2.45) is 0 Å². The summed E-state index contributed by atoms with van der Waals surface area (Å²) < 4.78 is 20.2. The Morgan fingerprint density at radius 2 is 1.62 bits per heavy atom. The molecule has 0 atom stereocenters. The summed E-state index contributed by atoms with van der Waals surface area (Å²) >= 11 is 0. The molecule has 10 nitrogen and oxygen atoms in total. The van der Waals surface area contributed by atoms with Crippen LogP contribution < -0.4 is 9.47 Å². The van der Waals surface area contributed by atoms with Crippen LogP contribution in [0.1, 0.15) is 31.1 Å². The number of carbonyl (C=O) groups is 3. The van der Waals surface area contributed by atoms with Crippen molar-refractivity contribution in [1.29, 1.82) is 0 Å². The van der Waals surface area contributed by atoms with Gasteiger partial charge in [-0.3, -0.25) is 14.9 Å². The number of nitro groups is 1. The van der Waals surface area contributed by atoms with E-state index in [1.807, 2.05) is 0 Å². The number of esters is 2. The molecule has 1 heterocycles. The zero-order valence-corrected chi connectivity index (χ0v) is 15.2. The van der Waals surface area contributed by atoms with Gasteiger partial charge in [-0.05, 0) is 24.3 Å². The average molecular weight is 401 g/mol. The summed E-state index contributed by atoms with van der Waals surface area (Å²) in [5.74, 6) is -1.43. The van der Waals surface area contributed by atoms with Crippen LogP contribution >= 0.6 is 0 Å². The predicted octanol–water partition coefficient (Wildman–Crippen LogP) is 2.19. The van der Waals surface area contributed by atoms with Crippen LogP contribution in [0.3, 0.4) is 0 Å². The van der Waals surface area contributed by atoms with Crippen molar-refractivity contribution in [3.8, 4) is 11.5 Å². The summed E-state index contributed by atoms with van der Waals surface area (Å²) in [6, 6.07) is 7.58. The Morgan fingerprint density at radius 3 is 2.28 bits per heavy atom. The van der Waals surface area contributed by atoms with Crippen LogP contribution in [0.15, 0.2) is 36.4 Å². The fraction of sp³-hybridized carbons (Fsp3) is 0.211. The number of methoxy groups -OCH3 is 1. The number of non-ortho nitro benzene ring substituents is 1. The maximum Gasteiger partial charge on any atom is 0.338 e. The first-order valence-electron chi connectivity index (χ1n) is 8.37. The lowest BCUT2D eigenvalue weighted by atomic mass is 10.1. The Hall–Kier alpha value is -3.95. The number of Topliss-reactive ketones (excluding diaryl/α,β-unsaturated/α-hetero) is 1. The van der Waals surface area contributed by atoms with E-state index in [0.717, 1.165) is 25.3 Å². The van der Waals surface area contributed by atoms with Crippen LogP contribution in [-0.2, 0) is 9.47 Å². The fourth-order valence-corrected chi connectivity index (χ4v) is 2.58. The molecule has 3 rings (SSSR count). The first-order chi connectivity index (χ1) is 13.9. The van der Waals surface area contributed by atoms with Crippen molar-refractivity contribution in [2.45, 2.75) is 0 Å². The third kappa shape index (κ3) is 4.49. The molecule has 1 aliphatic rings. The second-order valence-corrected chi connectivity index (χ2v) is 5.87. The summed E-state index contributed by atoms with van der Waals surface area (Å²) in [7, 11) is 1.10. The second-order valence-electron chi connectivity index (χ2n) is 5.87. The number of hydrogen-bond donors (Lipinski definition) is 0. The van der Waals surface area contributed by atoms with Gasteiger partial charge < -0.3 is 18.9 Å². The monoisotopic (exact) mass is 401 g/mol. The Kier molecular flexibility index (Phi) is 5.72. The molecule has 29 heavy (non-hydrogen) atoms. The third-order valence-corrected chi connectivity index (χ3v) is 3.98. The highest BCUT2D eigenvalue weighted by molar-refractivity contribution is 6.01. The second kappa shape index (κ2) is 8.38. The smallest absolute Gasteiger partial charge is 0.338 e. The summed E-state index contributed by atoms with van der Waals surface area (Å²) in [6.07, 6.45) is 0. The number of fused-ring (bicyclic) bond motifs is 1. The van der Waals surface area contributed by atoms with Gasteiger partial charge in [0, 0.05) is 17.7 Å². The highest BCUT2D eigenvalue weighted by atomic mass is 16.6. The summed E-state index contributed by atoms with van der Waals surface area (Å²) in [5, 5.41) is 11.0. The van der Waals surface area contributed by atoms with E-state index < -0.39 is 34.9 Å². The van der Waals surface area contributed by atoms with Crippen molar-refractivity contribution in [3.63, 3.8) is 0 Å². The standard InChI is InChI=1S/C19H15NO9/c1-26-18(22)12-6-13(8-14(7-12)20(24)25)19(23)29-10-15(21)11-2-3-16-17(9-11)28-5-4-27-16/h2-3,6-9H,4-5,10H2,1H3. The van der Waals surface area contributed by atoms with Gasteiger partial charge in [-0.15, -0.1) is 0 Å². The molecule has 150 valence electrons. The Labute approximate surface area is 164 Å². The molecular weight excluding hydrogens is 386 g/mol. The number of nitrogens with zero attached hydrogens (tertiary/aromatic N) is 1. The van der Waals surface area contributed by atoms with Gasteiger partial charge in [0.15, 0.2) is 23.9 Å². The molecule has 10 heteroatoms. The SMILES string of the molecule is COC(=O)c1cc(C(=O)OCC(=O)c2ccc3c(c2)OCCO3)cc([N+](=O)[O-])c1. The number of ketones is 1. The van der Waals surface area contributed by atoms with Crippen LogP contribution in [0, 0.1) is 10.1 Å². The van der Waals surface area contributed by atoms with Crippen LogP contribution in [0.4, 0.5) is 5.69 Å². The molecule has 0 saturated heterocycles. The number of rotatable bonds is 6. The van der Waals surface area contributed by atoms with Crippen molar-refractivity contribution in [1.82, 2.24) is 0 Å². The number of nitro benzene ring substituents is 1. The van der Waals surface area contributed by atoms with Crippen LogP contribution in [-0.4, -0.2) is 49.6 Å². The number of carbonyl (C=O) groups excluding carboxylic acids is 3. The van der Waals surface area contributed by atoms with Crippen molar-refractivity contribution >= 4 is 23.4 Å². The largest absolute Gasteiger partial charge is 0.486 e. The van der Waals surface area contributed by atoms with E-state index in [1.165, 1.54) is 12.1 Å². The fourth-order valence-electron chi connectivity index (χ4n) is 2.58. The van der Waals surface area contributed by atoms with E-state index in [4.69, 9.17) is 14.2 Å². The Morgan fingerprint density at radius 1 is 0.966 bits per heavy atom. The van der Waals surface area contributed by atoms with Gasteiger partial charge in [0.25, 0.3) is 5.69 Å². The van der Waals surface area contributed by atoms with E-state index in [9.17, 15) is 24.5 Å². The normalized spacial score (nSPS) is 12.0. The summed E-state index contributed by atoms with van der Waals surface area (Å²) in [4.78, 5) is 46.5. The first kappa shape index (κ1) is 19.8. The van der Waals surface area contributed by atoms with Gasteiger partial charge in [0.1, 0.15) is 13.2 Å². The van der Waals surface area contributed by atoms with Crippen molar-refractivity contribution < 1.29 is 38.3 Å². The lowest BCUT2D eigenvalue weighted by Gasteiger charge is -2.18. The zero-order valence-electron chi connectivity index (χ0n) is 15.2. The minimum atomic E-state index is -0.996. The lowest BCUT2D eigenvalue weighted by molar-refractivity contribution is -0.384. The van der Waals surface area contributed by atoms with E-state index in [-0.39, 0.29) is 16.7 Å². The molecule has 2 aromatic carbocycles. The molecule has 0 N–H and O–H groups in total. The van der Waals surface area contributed by atoms with Crippen molar-refractivity contribution in [3.05, 3.63) is 63.2 Å². The average Bonchev–Trinajstić information content (AvgIpc) is 2.75. The lowest BCUT2D eigenvalue weighted by Crippen LogP contribution is -2.17. The van der Waals surface area contributed by atoms with E-state index >= 15 is 0 Å². The van der Waals surface area contributed by atoms with Gasteiger partial charge >= 0.3 is 11.9 Å². The third-order valence-electron chi connectivity index (χ3n) is 3.98. The molecule has 0 fully saturated rings. The molecule has 0 aliphatic carbocycles. The van der Waals surface area contributed by atoms with Crippen molar-refractivity contribution in [2.75, 3.05) is 26.9 Å². The Bertz CT molecular complexity index is 999. The van der Waals surface area contributed by atoms with Gasteiger partial charge in [0.05, 0.1) is 23.2 Å². The van der Waals surface area contributed by atoms with Gasteiger partial charge in [-0.2, -0.15) is 0 Å². The maximum absolute atomic E-state index is 12.3. The summed E-state index contributed by atoms with van der Waals surface area (Å²) in [5.41, 5.74) is -0.684. The van der Waals surface area contributed by atoms with E-state index in [0.29, 0.717) is 24.7 Å². The van der Waals surface area contributed by atoms with Crippen LogP contribution in [0.25, 0.3) is 0 Å². The molecule has 1 aliphatic heterocycles. The minimum absolute atomic E-state index is 0.188. The van der Waals surface area contributed by atoms with E-state index in [2.05, 4.69) is 4.74 Å². The van der Waals surface area contributed by atoms with E-state index in [1.54, 1.807) is 6.07 Å².